The molecule has 0 aliphatic heterocycles. The maximum absolute atomic E-state index is 5.77. The van der Waals surface area contributed by atoms with E-state index in [0.29, 0.717) is 5.92 Å². The Balaban J connectivity index is 1.86. The molecule has 0 spiro atoms. The van der Waals surface area contributed by atoms with Gasteiger partial charge in [0.05, 0.1) is 0 Å². The van der Waals surface area contributed by atoms with Crippen LogP contribution >= 0.6 is 0 Å². The Morgan fingerprint density at radius 3 is 2.71 bits per heavy atom. The van der Waals surface area contributed by atoms with Gasteiger partial charge in [-0.05, 0) is 63.0 Å². The van der Waals surface area contributed by atoms with Crippen LogP contribution in [0.5, 0.6) is 0 Å². The summed E-state index contributed by atoms with van der Waals surface area (Å²) in [5.41, 5.74) is 9.66. The van der Waals surface area contributed by atoms with Gasteiger partial charge in [-0.25, -0.2) is 9.97 Å². The van der Waals surface area contributed by atoms with Gasteiger partial charge in [0, 0.05) is 17.8 Å². The zero-order valence-corrected chi connectivity index (χ0v) is 10.6. The third-order valence-electron chi connectivity index (χ3n) is 4.13. The minimum atomic E-state index is 0.638. The zero-order valence-electron chi connectivity index (χ0n) is 10.6. The van der Waals surface area contributed by atoms with E-state index in [-0.39, 0.29) is 0 Å². The molecule has 3 nitrogen and oxygen atoms in total. The second-order valence-electron chi connectivity index (χ2n) is 5.64. The number of nitrogens with two attached hydrogens (primary N) is 1. The van der Waals surface area contributed by atoms with Crippen molar-refractivity contribution in [1.82, 2.24) is 9.97 Å². The average Bonchev–Trinajstić information content (AvgIpc) is 3.13. The Morgan fingerprint density at radius 2 is 2.00 bits per heavy atom. The molecule has 1 fully saturated rings. The van der Waals surface area contributed by atoms with E-state index >= 15 is 0 Å². The second kappa shape index (κ2) is 4.37. The monoisotopic (exact) mass is 231 g/mol. The maximum Gasteiger partial charge on any atom is 0.129 e. The Bertz CT molecular complexity index is 424. The number of hydrogen-bond donors (Lipinski definition) is 1. The van der Waals surface area contributed by atoms with Gasteiger partial charge in [-0.1, -0.05) is 0 Å². The van der Waals surface area contributed by atoms with Crippen LogP contribution in [-0.4, -0.2) is 16.5 Å². The number of hydrogen-bond acceptors (Lipinski definition) is 3. The minimum Gasteiger partial charge on any atom is -0.330 e. The summed E-state index contributed by atoms with van der Waals surface area (Å²) >= 11 is 0. The molecule has 17 heavy (non-hydrogen) atoms. The fourth-order valence-corrected chi connectivity index (χ4v) is 2.79. The highest BCUT2D eigenvalue weighted by atomic mass is 14.9. The fourth-order valence-electron chi connectivity index (χ4n) is 2.79. The molecule has 3 rings (SSSR count). The van der Waals surface area contributed by atoms with Gasteiger partial charge in [-0.15, -0.1) is 0 Å². The summed E-state index contributed by atoms with van der Waals surface area (Å²) in [5.74, 6) is 2.59. The highest BCUT2D eigenvalue weighted by molar-refractivity contribution is 5.28. The van der Waals surface area contributed by atoms with Gasteiger partial charge < -0.3 is 5.73 Å². The van der Waals surface area contributed by atoms with E-state index in [4.69, 9.17) is 10.7 Å². The molecular formula is C14H21N3. The summed E-state index contributed by atoms with van der Waals surface area (Å²) in [4.78, 5) is 9.45. The smallest absolute Gasteiger partial charge is 0.129 e. The van der Waals surface area contributed by atoms with Gasteiger partial charge in [0.15, 0.2) is 0 Å². The van der Waals surface area contributed by atoms with E-state index < -0.39 is 0 Å². The van der Waals surface area contributed by atoms with E-state index in [1.807, 2.05) is 0 Å². The minimum absolute atomic E-state index is 0.638. The molecule has 1 heterocycles. The van der Waals surface area contributed by atoms with Gasteiger partial charge in [0.2, 0.25) is 0 Å². The fraction of sp³-hybridized carbons (Fsp3) is 0.714. The van der Waals surface area contributed by atoms with Crippen molar-refractivity contribution >= 4 is 0 Å². The molecule has 1 aromatic rings. The summed E-state index contributed by atoms with van der Waals surface area (Å²) in [7, 11) is 0. The number of aryl methyl sites for hydroxylation is 2. The third-order valence-corrected chi connectivity index (χ3v) is 4.13. The lowest BCUT2D eigenvalue weighted by Gasteiger charge is -2.24. The Morgan fingerprint density at radius 1 is 1.18 bits per heavy atom. The quantitative estimate of drug-likeness (QED) is 0.863. The normalized spacial score (nSPS) is 23.5. The first kappa shape index (κ1) is 11.1. The molecule has 0 bridgehead atoms. The van der Waals surface area contributed by atoms with Crippen LogP contribution in [0.2, 0.25) is 0 Å². The predicted octanol–water partition coefficient (Wildman–Crippen LogP) is 1.80. The molecule has 0 radical (unpaired) electrons. The van der Waals surface area contributed by atoms with Crippen LogP contribution in [0.25, 0.3) is 0 Å². The van der Waals surface area contributed by atoms with E-state index in [1.165, 1.54) is 36.2 Å². The lowest BCUT2D eigenvalue weighted by atomic mass is 9.86. The first-order chi connectivity index (χ1) is 8.26. The van der Waals surface area contributed by atoms with Gasteiger partial charge in [-0.2, -0.15) is 0 Å². The van der Waals surface area contributed by atoms with E-state index in [9.17, 15) is 0 Å². The molecule has 2 aliphatic rings. The molecule has 1 atom stereocenters. The molecule has 2 N–H and O–H groups in total. The summed E-state index contributed by atoms with van der Waals surface area (Å²) < 4.78 is 0. The SMILES string of the molecule is Cc1nc(CC2CC2)nc2c1CC(CN)CC2. The van der Waals surface area contributed by atoms with E-state index in [1.54, 1.807) is 0 Å². The first-order valence-corrected chi connectivity index (χ1v) is 6.81. The van der Waals surface area contributed by atoms with E-state index in [2.05, 4.69) is 11.9 Å². The Kier molecular flexibility index (Phi) is 2.87. The number of rotatable bonds is 3. The standard InChI is InChI=1S/C14H21N3/c1-9-12-6-11(8-15)4-5-13(12)17-14(16-9)7-10-2-3-10/h10-11H,2-8,15H2,1H3. The lowest BCUT2D eigenvalue weighted by molar-refractivity contribution is 0.457. The number of aromatic nitrogens is 2. The highest BCUT2D eigenvalue weighted by Crippen LogP contribution is 2.32. The molecule has 1 saturated carbocycles. The van der Waals surface area contributed by atoms with Crippen molar-refractivity contribution in [3.05, 3.63) is 22.8 Å². The number of nitrogens with zero attached hydrogens (tertiary/aromatic N) is 2. The van der Waals surface area contributed by atoms with Gasteiger partial charge in [0.25, 0.3) is 0 Å². The molecular weight excluding hydrogens is 210 g/mol. The van der Waals surface area contributed by atoms with Crippen LogP contribution in [0.3, 0.4) is 0 Å². The Hall–Kier alpha value is -0.960. The molecule has 1 unspecified atom stereocenters. The van der Waals surface area contributed by atoms with Crippen molar-refractivity contribution in [3.63, 3.8) is 0 Å². The van der Waals surface area contributed by atoms with Gasteiger partial charge >= 0.3 is 0 Å². The molecule has 92 valence electrons. The lowest BCUT2D eigenvalue weighted by Crippen LogP contribution is -2.24. The summed E-state index contributed by atoms with van der Waals surface area (Å²) in [6, 6.07) is 0. The molecule has 1 aromatic heterocycles. The highest BCUT2D eigenvalue weighted by Gasteiger charge is 2.25. The van der Waals surface area contributed by atoms with Crippen molar-refractivity contribution in [2.45, 2.75) is 45.4 Å². The van der Waals surface area contributed by atoms with Crippen molar-refractivity contribution < 1.29 is 0 Å². The van der Waals surface area contributed by atoms with Crippen LogP contribution in [0.15, 0.2) is 0 Å². The third kappa shape index (κ3) is 2.34. The van der Waals surface area contributed by atoms with Gasteiger partial charge in [0.1, 0.15) is 5.82 Å². The van der Waals surface area contributed by atoms with Gasteiger partial charge in [-0.3, -0.25) is 0 Å². The Labute approximate surface area is 103 Å². The van der Waals surface area contributed by atoms with Crippen molar-refractivity contribution in [2.24, 2.45) is 17.6 Å². The zero-order chi connectivity index (χ0) is 11.8. The molecule has 0 aromatic carbocycles. The van der Waals surface area contributed by atoms with Crippen LogP contribution in [0.1, 0.15) is 42.0 Å². The van der Waals surface area contributed by atoms with Crippen molar-refractivity contribution in [2.75, 3.05) is 6.54 Å². The summed E-state index contributed by atoms with van der Waals surface area (Å²) in [6.07, 6.45) is 7.21. The molecule has 0 saturated heterocycles. The largest absolute Gasteiger partial charge is 0.330 e. The summed E-state index contributed by atoms with van der Waals surface area (Å²) in [6.45, 7) is 2.93. The predicted molar refractivity (Wildman–Crippen MR) is 67.8 cm³/mol. The average molecular weight is 231 g/mol. The molecule has 2 aliphatic carbocycles. The second-order valence-corrected chi connectivity index (χ2v) is 5.64. The van der Waals surface area contributed by atoms with Crippen molar-refractivity contribution in [1.29, 1.82) is 0 Å². The topological polar surface area (TPSA) is 51.8 Å². The summed E-state index contributed by atoms with van der Waals surface area (Å²) in [5, 5.41) is 0. The van der Waals surface area contributed by atoms with Crippen LogP contribution in [-0.2, 0) is 19.3 Å². The van der Waals surface area contributed by atoms with Crippen LogP contribution in [0.4, 0.5) is 0 Å². The first-order valence-electron chi connectivity index (χ1n) is 6.81. The number of fused-ring (bicyclic) bond motifs is 1. The molecule has 0 amide bonds. The van der Waals surface area contributed by atoms with Crippen molar-refractivity contribution in [3.8, 4) is 0 Å². The van der Waals surface area contributed by atoms with Crippen LogP contribution in [0, 0.1) is 18.8 Å². The maximum atomic E-state index is 5.77. The van der Waals surface area contributed by atoms with Crippen LogP contribution < -0.4 is 5.73 Å². The molecule has 3 heteroatoms. The van der Waals surface area contributed by atoms with E-state index in [0.717, 1.165) is 37.5 Å².